The summed E-state index contributed by atoms with van der Waals surface area (Å²) >= 11 is 0. The number of hydrogen-bond donors (Lipinski definition) is 3. The summed E-state index contributed by atoms with van der Waals surface area (Å²) in [6, 6.07) is -0.622. The molecule has 0 aromatic rings. The van der Waals surface area contributed by atoms with E-state index < -0.39 is 12.1 Å². The van der Waals surface area contributed by atoms with Gasteiger partial charge >= 0.3 is 5.97 Å². The highest BCUT2D eigenvalue weighted by Crippen LogP contribution is 2.18. The minimum absolute atomic E-state index is 0.0182. The van der Waals surface area contributed by atoms with Crippen molar-refractivity contribution in [2.24, 2.45) is 0 Å². The van der Waals surface area contributed by atoms with Crippen LogP contribution in [0.15, 0.2) is 36.5 Å². The third-order valence-electron chi connectivity index (χ3n) is 16.9. The van der Waals surface area contributed by atoms with Crippen LogP contribution in [-0.2, 0) is 14.3 Å². The molecule has 0 aliphatic carbocycles. The van der Waals surface area contributed by atoms with Crippen LogP contribution in [0, 0.1) is 0 Å². The van der Waals surface area contributed by atoms with E-state index >= 15 is 0 Å². The first-order valence-corrected chi connectivity index (χ1v) is 36.3. The van der Waals surface area contributed by atoms with Crippen molar-refractivity contribution in [2.75, 3.05) is 13.2 Å². The highest BCUT2D eigenvalue weighted by atomic mass is 16.5. The summed E-state index contributed by atoms with van der Waals surface area (Å²) in [7, 11) is 0. The highest BCUT2D eigenvalue weighted by Gasteiger charge is 2.18. The second-order valence-electron chi connectivity index (χ2n) is 24.9. The third kappa shape index (κ3) is 65.2. The van der Waals surface area contributed by atoms with Crippen LogP contribution in [0.2, 0.25) is 0 Å². The van der Waals surface area contributed by atoms with E-state index in [0.29, 0.717) is 19.4 Å². The smallest absolute Gasteiger partial charge is 0.305 e. The van der Waals surface area contributed by atoms with Gasteiger partial charge in [-0.15, -0.1) is 0 Å². The molecule has 6 heteroatoms. The first kappa shape index (κ1) is 78.1. The van der Waals surface area contributed by atoms with Gasteiger partial charge in [0.25, 0.3) is 0 Å². The maximum absolute atomic E-state index is 12.4. The van der Waals surface area contributed by atoms with Gasteiger partial charge in [-0.3, -0.25) is 9.59 Å². The van der Waals surface area contributed by atoms with Crippen LogP contribution in [0.25, 0.3) is 0 Å². The minimum atomic E-state index is -0.839. The van der Waals surface area contributed by atoms with Crippen LogP contribution in [0.1, 0.15) is 399 Å². The molecular formula is C74H141NO5. The van der Waals surface area contributed by atoms with Crippen LogP contribution in [0.4, 0.5) is 0 Å². The summed E-state index contributed by atoms with van der Waals surface area (Å²) in [6.07, 6.45) is 89.8. The van der Waals surface area contributed by atoms with Crippen LogP contribution in [0.5, 0.6) is 0 Å². The zero-order valence-electron chi connectivity index (χ0n) is 54.1. The molecule has 0 radical (unpaired) electrons. The van der Waals surface area contributed by atoms with E-state index in [1.807, 2.05) is 6.08 Å². The first-order valence-electron chi connectivity index (χ1n) is 36.3. The average molecular weight is 1120 g/mol. The molecule has 80 heavy (non-hydrogen) atoms. The SMILES string of the molecule is CCCCCCCC/C=C\CCCCCCCCCC(=O)OCCCCCCCCCCCCCCCCCC/C=C\CCCCCCCCCCCCCCCCCCCC(=O)NC(CO)C(O)/C=C/CCCCCCCCC. The number of allylic oxidation sites excluding steroid dienone is 5. The lowest BCUT2D eigenvalue weighted by Gasteiger charge is -2.20. The maximum Gasteiger partial charge on any atom is 0.305 e. The summed E-state index contributed by atoms with van der Waals surface area (Å²) < 4.78 is 5.51. The Morgan fingerprint density at radius 3 is 0.887 bits per heavy atom. The molecular weight excluding hydrogens is 983 g/mol. The molecule has 0 saturated carbocycles. The maximum atomic E-state index is 12.4. The van der Waals surface area contributed by atoms with Crippen molar-refractivity contribution in [3.8, 4) is 0 Å². The molecule has 2 unspecified atom stereocenters. The van der Waals surface area contributed by atoms with E-state index in [2.05, 4.69) is 43.5 Å². The van der Waals surface area contributed by atoms with E-state index in [9.17, 15) is 19.8 Å². The molecule has 1 amide bonds. The zero-order valence-corrected chi connectivity index (χ0v) is 54.1. The predicted octanol–water partition coefficient (Wildman–Crippen LogP) is 23.5. The van der Waals surface area contributed by atoms with Crippen molar-refractivity contribution in [2.45, 2.75) is 411 Å². The fourth-order valence-electron chi connectivity index (χ4n) is 11.3. The molecule has 0 bridgehead atoms. The first-order chi connectivity index (χ1) is 39.5. The zero-order chi connectivity index (χ0) is 57.8. The van der Waals surface area contributed by atoms with Crippen molar-refractivity contribution >= 4 is 11.9 Å². The lowest BCUT2D eigenvalue weighted by atomic mass is 10.0. The monoisotopic (exact) mass is 1120 g/mol. The molecule has 0 aromatic heterocycles. The number of ether oxygens (including phenoxy) is 1. The van der Waals surface area contributed by atoms with E-state index in [1.165, 1.54) is 327 Å². The summed E-state index contributed by atoms with van der Waals surface area (Å²) in [5, 5.41) is 23.0. The minimum Gasteiger partial charge on any atom is -0.466 e. The van der Waals surface area contributed by atoms with Gasteiger partial charge in [-0.25, -0.2) is 0 Å². The fourth-order valence-corrected chi connectivity index (χ4v) is 11.3. The number of carbonyl (C=O) groups excluding carboxylic acids is 2. The molecule has 0 rings (SSSR count). The Labute approximate surface area is 500 Å². The molecule has 0 fully saturated rings. The van der Waals surface area contributed by atoms with Crippen LogP contribution < -0.4 is 5.32 Å². The number of rotatable bonds is 68. The van der Waals surface area contributed by atoms with Crippen molar-refractivity contribution < 1.29 is 24.5 Å². The molecule has 0 aliphatic heterocycles. The van der Waals surface area contributed by atoms with E-state index in [-0.39, 0.29) is 18.5 Å². The molecule has 0 aliphatic rings. The van der Waals surface area contributed by atoms with Gasteiger partial charge in [0.1, 0.15) is 0 Å². The van der Waals surface area contributed by atoms with Gasteiger partial charge in [0, 0.05) is 12.8 Å². The molecule has 0 saturated heterocycles. The second kappa shape index (κ2) is 69.6. The largest absolute Gasteiger partial charge is 0.466 e. The number of nitrogens with one attached hydrogen (secondary N) is 1. The number of aliphatic hydroxyl groups is 2. The summed E-state index contributed by atoms with van der Waals surface area (Å²) in [4.78, 5) is 24.5. The molecule has 0 aromatic carbocycles. The van der Waals surface area contributed by atoms with Crippen LogP contribution in [0.3, 0.4) is 0 Å². The van der Waals surface area contributed by atoms with Crippen LogP contribution >= 0.6 is 0 Å². The number of unbranched alkanes of at least 4 members (excludes halogenated alkanes) is 53. The van der Waals surface area contributed by atoms with E-state index in [4.69, 9.17) is 4.74 Å². The molecule has 3 N–H and O–H groups in total. The van der Waals surface area contributed by atoms with Crippen molar-refractivity contribution in [3.05, 3.63) is 36.5 Å². The fraction of sp³-hybridized carbons (Fsp3) is 0.892. The Hall–Kier alpha value is -1.92. The van der Waals surface area contributed by atoms with Crippen molar-refractivity contribution in [1.29, 1.82) is 0 Å². The Balaban J connectivity index is 3.30. The Morgan fingerprint density at radius 1 is 0.338 bits per heavy atom. The average Bonchev–Trinajstić information content (AvgIpc) is 3.46. The summed E-state index contributed by atoms with van der Waals surface area (Å²) in [6.45, 7) is 4.90. The van der Waals surface area contributed by atoms with E-state index in [0.717, 1.165) is 44.9 Å². The van der Waals surface area contributed by atoms with Crippen molar-refractivity contribution in [1.82, 2.24) is 5.32 Å². The van der Waals surface area contributed by atoms with E-state index in [1.54, 1.807) is 6.08 Å². The van der Waals surface area contributed by atoms with Crippen LogP contribution in [-0.4, -0.2) is 47.4 Å². The summed E-state index contributed by atoms with van der Waals surface area (Å²) in [5.41, 5.74) is 0. The Bertz CT molecular complexity index is 1300. The molecule has 6 nitrogen and oxygen atoms in total. The second-order valence-corrected chi connectivity index (χ2v) is 24.9. The number of esters is 1. The Kier molecular flexibility index (Phi) is 67.9. The molecule has 0 spiro atoms. The van der Waals surface area contributed by atoms with Gasteiger partial charge < -0.3 is 20.3 Å². The number of hydrogen-bond acceptors (Lipinski definition) is 5. The normalized spacial score (nSPS) is 12.7. The van der Waals surface area contributed by atoms with Gasteiger partial charge in [-0.1, -0.05) is 339 Å². The standard InChI is InChI=1S/C74H141NO5/c1-3-5-7-9-11-13-14-15-16-38-42-45-48-52-56-60-64-68-74(79)80-69-65-61-57-53-49-46-43-40-37-35-33-31-29-27-25-23-21-19-17-18-20-22-24-26-28-30-32-34-36-39-41-44-47-51-55-59-63-67-73(78)75-71(70-76)72(77)66-62-58-54-50-12-10-8-6-4-2/h15-17,19,62,66,71-72,76-77H,3-14,18,20-61,63-65,67-70H2,1-2H3,(H,75,78)/b16-15-,19-17-,66-62+. The lowest BCUT2D eigenvalue weighted by molar-refractivity contribution is -0.143. The summed E-state index contributed by atoms with van der Waals surface area (Å²) in [5.74, 6) is -0.0472. The third-order valence-corrected chi connectivity index (χ3v) is 16.9. The van der Waals surface area contributed by atoms with Gasteiger partial charge in [-0.2, -0.15) is 0 Å². The topological polar surface area (TPSA) is 95.9 Å². The van der Waals surface area contributed by atoms with Gasteiger partial charge in [0.2, 0.25) is 5.91 Å². The molecule has 2 atom stereocenters. The van der Waals surface area contributed by atoms with Gasteiger partial charge in [0.05, 0.1) is 25.4 Å². The molecule has 472 valence electrons. The van der Waals surface area contributed by atoms with Crippen molar-refractivity contribution in [3.63, 3.8) is 0 Å². The highest BCUT2D eigenvalue weighted by molar-refractivity contribution is 5.76. The predicted molar refractivity (Wildman–Crippen MR) is 352 cm³/mol. The number of amides is 1. The molecule has 0 heterocycles. The number of carbonyl (C=O) groups is 2. The number of aliphatic hydroxyl groups excluding tert-OH is 2. The Morgan fingerprint density at radius 2 is 0.588 bits per heavy atom. The lowest BCUT2D eigenvalue weighted by Crippen LogP contribution is -2.45. The van der Waals surface area contributed by atoms with Gasteiger partial charge in [-0.05, 0) is 83.5 Å². The van der Waals surface area contributed by atoms with Gasteiger partial charge in [0.15, 0.2) is 0 Å². The quantitative estimate of drug-likeness (QED) is 0.0320.